The second-order valence-electron chi connectivity index (χ2n) is 7.08. The minimum Gasteiger partial charge on any atom is -0.507 e. The molecule has 158 valence electrons. The van der Waals surface area contributed by atoms with Crippen LogP contribution in [0.2, 0.25) is 0 Å². The molecule has 1 fully saturated rings. The van der Waals surface area contributed by atoms with E-state index < -0.39 is 5.97 Å². The molecule has 1 saturated heterocycles. The van der Waals surface area contributed by atoms with Gasteiger partial charge in [-0.15, -0.1) is 0 Å². The van der Waals surface area contributed by atoms with Gasteiger partial charge in [0.25, 0.3) is 5.91 Å². The van der Waals surface area contributed by atoms with Crippen molar-refractivity contribution in [1.82, 2.24) is 9.80 Å². The van der Waals surface area contributed by atoms with Gasteiger partial charge in [-0.25, -0.2) is 4.79 Å². The summed E-state index contributed by atoms with van der Waals surface area (Å²) < 4.78 is 16.5. The van der Waals surface area contributed by atoms with Gasteiger partial charge in [-0.1, -0.05) is 22.0 Å². The van der Waals surface area contributed by atoms with Gasteiger partial charge in [-0.2, -0.15) is 0 Å². The molecule has 0 bridgehead atoms. The zero-order valence-corrected chi connectivity index (χ0v) is 17.8. The molecule has 1 N–H and O–H groups in total. The van der Waals surface area contributed by atoms with Crippen molar-refractivity contribution in [3.8, 4) is 17.2 Å². The van der Waals surface area contributed by atoms with E-state index in [1.165, 1.54) is 12.1 Å². The van der Waals surface area contributed by atoms with E-state index in [9.17, 15) is 14.7 Å². The van der Waals surface area contributed by atoms with Crippen molar-refractivity contribution in [3.63, 3.8) is 0 Å². The number of esters is 1. The molecule has 0 atom stereocenters. The molecule has 2 aliphatic rings. The van der Waals surface area contributed by atoms with Crippen molar-refractivity contribution >= 4 is 27.8 Å². The number of phenolic OH excluding ortho intramolecular Hbond substituents is 1. The van der Waals surface area contributed by atoms with Crippen molar-refractivity contribution < 1.29 is 28.9 Å². The number of hydrogen-bond acceptors (Lipinski definition) is 7. The van der Waals surface area contributed by atoms with Crippen LogP contribution in [0.5, 0.6) is 17.2 Å². The Hall–Kier alpha value is -2.78. The molecular formula is C21H21BrN2O6. The number of nitrogens with zero attached hydrogens (tertiary/aromatic N) is 2. The summed E-state index contributed by atoms with van der Waals surface area (Å²) in [5, 5.41) is 9.78. The summed E-state index contributed by atoms with van der Waals surface area (Å²) in [7, 11) is 0. The van der Waals surface area contributed by atoms with Gasteiger partial charge in [-0.05, 0) is 35.9 Å². The number of amides is 1. The summed E-state index contributed by atoms with van der Waals surface area (Å²) in [4.78, 5) is 28.5. The fourth-order valence-electron chi connectivity index (χ4n) is 3.42. The van der Waals surface area contributed by atoms with E-state index in [0.29, 0.717) is 17.6 Å². The van der Waals surface area contributed by atoms with E-state index in [4.69, 9.17) is 14.2 Å². The lowest BCUT2D eigenvalue weighted by Gasteiger charge is -2.34. The average molecular weight is 477 g/mol. The Balaban J connectivity index is 1.24. The SMILES string of the molecule is O=C(OCC(=O)N1CCN(Cc2ccc3c(c2)OCO3)CC1)c1cc(Br)ccc1O. The predicted molar refractivity (Wildman–Crippen MR) is 111 cm³/mol. The maximum Gasteiger partial charge on any atom is 0.342 e. The molecule has 30 heavy (non-hydrogen) atoms. The summed E-state index contributed by atoms with van der Waals surface area (Å²) in [5.74, 6) is 0.358. The Morgan fingerprint density at radius 2 is 1.80 bits per heavy atom. The first-order chi connectivity index (χ1) is 14.5. The molecule has 0 aliphatic carbocycles. The number of piperazine rings is 1. The molecule has 0 saturated carbocycles. The third-order valence-corrected chi connectivity index (χ3v) is 5.57. The van der Waals surface area contributed by atoms with Gasteiger partial charge in [0, 0.05) is 37.2 Å². The summed E-state index contributed by atoms with van der Waals surface area (Å²) in [6, 6.07) is 10.4. The second kappa shape index (κ2) is 8.93. The van der Waals surface area contributed by atoms with Crippen LogP contribution in [0.15, 0.2) is 40.9 Å². The van der Waals surface area contributed by atoms with Gasteiger partial charge in [0.1, 0.15) is 11.3 Å². The lowest BCUT2D eigenvalue weighted by atomic mass is 10.1. The monoisotopic (exact) mass is 476 g/mol. The Morgan fingerprint density at radius 3 is 2.60 bits per heavy atom. The standard InChI is InChI=1S/C21H21BrN2O6/c22-15-2-3-17(25)16(10-15)21(27)28-12-20(26)24-7-5-23(6-8-24)11-14-1-4-18-19(9-14)30-13-29-18/h1-4,9-10,25H,5-8,11-13H2. The molecule has 4 rings (SSSR count). The van der Waals surface area contributed by atoms with Gasteiger partial charge >= 0.3 is 5.97 Å². The quantitative estimate of drug-likeness (QED) is 0.662. The van der Waals surface area contributed by atoms with Crippen LogP contribution in [0.25, 0.3) is 0 Å². The molecule has 2 heterocycles. The molecule has 9 heteroatoms. The molecule has 0 unspecified atom stereocenters. The minimum absolute atomic E-state index is 0.0192. The van der Waals surface area contributed by atoms with Gasteiger partial charge in [-0.3, -0.25) is 9.69 Å². The highest BCUT2D eigenvalue weighted by atomic mass is 79.9. The van der Waals surface area contributed by atoms with Crippen LogP contribution < -0.4 is 9.47 Å². The number of phenols is 1. The first-order valence-corrected chi connectivity index (χ1v) is 10.3. The van der Waals surface area contributed by atoms with E-state index in [-0.39, 0.29) is 30.6 Å². The molecule has 2 aromatic rings. The number of benzene rings is 2. The maximum absolute atomic E-state index is 12.4. The van der Waals surface area contributed by atoms with Crippen LogP contribution >= 0.6 is 15.9 Å². The van der Waals surface area contributed by atoms with Crippen LogP contribution in [-0.4, -0.2) is 66.4 Å². The Kier molecular flexibility index (Phi) is 6.10. The zero-order chi connectivity index (χ0) is 21.1. The highest BCUT2D eigenvalue weighted by molar-refractivity contribution is 9.10. The van der Waals surface area contributed by atoms with Crippen molar-refractivity contribution in [2.45, 2.75) is 6.54 Å². The third-order valence-electron chi connectivity index (χ3n) is 5.07. The van der Waals surface area contributed by atoms with Gasteiger partial charge in [0.2, 0.25) is 6.79 Å². The number of fused-ring (bicyclic) bond motifs is 1. The molecule has 0 spiro atoms. The van der Waals surface area contributed by atoms with Crippen molar-refractivity contribution in [3.05, 3.63) is 52.0 Å². The molecule has 0 radical (unpaired) electrons. The average Bonchev–Trinajstić information content (AvgIpc) is 3.22. The topological polar surface area (TPSA) is 88.5 Å². The predicted octanol–water partition coefficient (Wildman–Crippen LogP) is 2.38. The maximum atomic E-state index is 12.4. The van der Waals surface area contributed by atoms with Crippen molar-refractivity contribution in [2.24, 2.45) is 0 Å². The number of rotatable bonds is 5. The Labute approximate surface area is 182 Å². The number of hydrogen-bond donors (Lipinski definition) is 1. The lowest BCUT2D eigenvalue weighted by molar-refractivity contribution is -0.136. The van der Waals surface area contributed by atoms with Crippen LogP contribution in [0.3, 0.4) is 0 Å². The van der Waals surface area contributed by atoms with E-state index in [1.54, 1.807) is 11.0 Å². The van der Waals surface area contributed by atoms with Crippen molar-refractivity contribution in [1.29, 1.82) is 0 Å². The summed E-state index contributed by atoms with van der Waals surface area (Å²) >= 11 is 3.24. The fraction of sp³-hybridized carbons (Fsp3) is 0.333. The van der Waals surface area contributed by atoms with Crippen molar-refractivity contribution in [2.75, 3.05) is 39.6 Å². The first-order valence-electron chi connectivity index (χ1n) is 9.54. The van der Waals surface area contributed by atoms with E-state index in [2.05, 4.69) is 20.8 Å². The van der Waals surface area contributed by atoms with E-state index in [0.717, 1.165) is 36.7 Å². The van der Waals surface area contributed by atoms with Gasteiger partial charge < -0.3 is 24.2 Å². The fourth-order valence-corrected chi connectivity index (χ4v) is 3.78. The molecule has 2 aliphatic heterocycles. The highest BCUT2D eigenvalue weighted by Crippen LogP contribution is 2.32. The van der Waals surface area contributed by atoms with Gasteiger partial charge in [0.05, 0.1) is 0 Å². The zero-order valence-electron chi connectivity index (χ0n) is 16.2. The third kappa shape index (κ3) is 4.68. The molecule has 0 aromatic heterocycles. The number of carbonyl (C=O) groups is 2. The molecule has 2 aromatic carbocycles. The van der Waals surface area contributed by atoms with Crippen LogP contribution in [-0.2, 0) is 16.1 Å². The van der Waals surface area contributed by atoms with Gasteiger partial charge in [0.15, 0.2) is 18.1 Å². The number of ether oxygens (including phenoxy) is 3. The summed E-state index contributed by atoms with van der Waals surface area (Å²) in [5.41, 5.74) is 1.15. The number of aromatic hydroxyl groups is 1. The Bertz CT molecular complexity index is 959. The van der Waals surface area contributed by atoms with E-state index >= 15 is 0 Å². The number of halogens is 1. The second-order valence-corrected chi connectivity index (χ2v) is 8.00. The first kappa shape index (κ1) is 20.5. The summed E-state index contributed by atoms with van der Waals surface area (Å²) in [6.45, 7) is 3.22. The van der Waals surface area contributed by atoms with Crippen LogP contribution in [0.4, 0.5) is 0 Å². The highest BCUT2D eigenvalue weighted by Gasteiger charge is 2.23. The van der Waals surface area contributed by atoms with E-state index in [1.807, 2.05) is 18.2 Å². The molecule has 8 nitrogen and oxygen atoms in total. The molecule has 1 amide bonds. The smallest absolute Gasteiger partial charge is 0.342 e. The normalized spacial score (nSPS) is 15.8. The largest absolute Gasteiger partial charge is 0.507 e. The minimum atomic E-state index is -0.733. The molecular weight excluding hydrogens is 456 g/mol. The number of carbonyl (C=O) groups excluding carboxylic acids is 2. The Morgan fingerprint density at radius 1 is 1.03 bits per heavy atom. The summed E-state index contributed by atoms with van der Waals surface area (Å²) in [6.07, 6.45) is 0. The van der Waals surface area contributed by atoms with Crippen LogP contribution in [0.1, 0.15) is 15.9 Å². The van der Waals surface area contributed by atoms with Crippen LogP contribution in [0, 0.1) is 0 Å². The lowest BCUT2D eigenvalue weighted by Crippen LogP contribution is -2.49.